The number of nitrogens with two attached hydrogens (primary N) is 1. The average molecular weight is 268 g/mol. The van der Waals surface area contributed by atoms with E-state index in [1.165, 1.54) is 0 Å². The number of nitrogens with zero attached hydrogens (tertiary/aromatic N) is 2. The van der Waals surface area contributed by atoms with Crippen LogP contribution in [0.4, 0.5) is 5.69 Å². The van der Waals surface area contributed by atoms with E-state index < -0.39 is 0 Å². The first-order valence-electron chi connectivity index (χ1n) is 5.62. The Kier molecular flexibility index (Phi) is 3.84. The van der Waals surface area contributed by atoms with Crippen LogP contribution >= 0.6 is 11.6 Å². The van der Waals surface area contributed by atoms with Crippen LogP contribution in [0.25, 0.3) is 11.5 Å². The summed E-state index contributed by atoms with van der Waals surface area (Å²) in [5.74, 6) is 0.836. The van der Waals surface area contributed by atoms with Crippen molar-refractivity contribution in [2.75, 3.05) is 12.3 Å². The molecule has 1 atom stereocenters. The fraction of sp³-hybridized carbons (Fsp3) is 0.333. The molecule has 0 aliphatic rings. The number of aromatic nitrogens is 2. The molecule has 18 heavy (non-hydrogen) atoms. The molecule has 0 amide bonds. The Morgan fingerprint density at radius 2 is 2.28 bits per heavy atom. The molecule has 1 aromatic heterocycles. The SMILES string of the molecule is CCOC(C)c1noc(-c2cc(Cl)ccc2N)n1. The number of rotatable bonds is 4. The first-order valence-corrected chi connectivity index (χ1v) is 6.00. The minimum Gasteiger partial charge on any atom is -0.398 e. The van der Waals surface area contributed by atoms with Gasteiger partial charge in [-0.2, -0.15) is 4.98 Å². The minimum absolute atomic E-state index is 0.215. The predicted molar refractivity (Wildman–Crippen MR) is 69.2 cm³/mol. The summed E-state index contributed by atoms with van der Waals surface area (Å²) in [5.41, 5.74) is 7.02. The lowest BCUT2D eigenvalue weighted by molar-refractivity contribution is 0.0683. The molecular formula is C12H14ClN3O2. The Labute approximate surface area is 110 Å². The zero-order valence-electron chi connectivity index (χ0n) is 10.2. The van der Waals surface area contributed by atoms with Crippen LogP contribution in [0.15, 0.2) is 22.7 Å². The highest BCUT2D eigenvalue weighted by molar-refractivity contribution is 6.31. The zero-order chi connectivity index (χ0) is 13.1. The van der Waals surface area contributed by atoms with Gasteiger partial charge in [0.25, 0.3) is 5.89 Å². The van der Waals surface area contributed by atoms with E-state index in [1.54, 1.807) is 18.2 Å². The fourth-order valence-corrected chi connectivity index (χ4v) is 1.72. The summed E-state index contributed by atoms with van der Waals surface area (Å²) < 4.78 is 10.6. The topological polar surface area (TPSA) is 74.2 Å². The molecule has 0 saturated carbocycles. The van der Waals surface area contributed by atoms with E-state index in [-0.39, 0.29) is 6.10 Å². The highest BCUT2D eigenvalue weighted by Crippen LogP contribution is 2.28. The van der Waals surface area contributed by atoms with Gasteiger partial charge in [-0.05, 0) is 32.0 Å². The maximum absolute atomic E-state index is 5.92. The van der Waals surface area contributed by atoms with Crippen LogP contribution in [0, 0.1) is 0 Å². The van der Waals surface area contributed by atoms with Crippen LogP contribution in [-0.4, -0.2) is 16.7 Å². The highest BCUT2D eigenvalue weighted by atomic mass is 35.5. The van der Waals surface area contributed by atoms with E-state index in [0.717, 1.165) is 0 Å². The zero-order valence-corrected chi connectivity index (χ0v) is 10.9. The summed E-state index contributed by atoms with van der Waals surface area (Å²) in [6.07, 6.45) is -0.215. The molecule has 2 rings (SSSR count). The summed E-state index contributed by atoms with van der Waals surface area (Å²) >= 11 is 5.92. The van der Waals surface area contributed by atoms with Crippen molar-refractivity contribution in [2.45, 2.75) is 20.0 Å². The van der Waals surface area contributed by atoms with Crippen LogP contribution in [-0.2, 0) is 4.74 Å². The normalized spacial score (nSPS) is 12.6. The number of anilines is 1. The van der Waals surface area contributed by atoms with E-state index in [9.17, 15) is 0 Å². The van der Waals surface area contributed by atoms with Crippen LogP contribution in [0.1, 0.15) is 25.8 Å². The van der Waals surface area contributed by atoms with Gasteiger partial charge in [0, 0.05) is 17.3 Å². The Bertz CT molecular complexity index is 542. The number of benzene rings is 1. The number of ether oxygens (including phenoxy) is 1. The van der Waals surface area contributed by atoms with Crippen molar-refractivity contribution in [3.63, 3.8) is 0 Å². The number of nitrogen functional groups attached to an aromatic ring is 1. The van der Waals surface area contributed by atoms with Crippen molar-refractivity contribution in [1.29, 1.82) is 0 Å². The third-order valence-electron chi connectivity index (χ3n) is 2.47. The summed E-state index contributed by atoms with van der Waals surface area (Å²) in [6, 6.07) is 5.10. The molecule has 1 unspecified atom stereocenters. The quantitative estimate of drug-likeness (QED) is 0.862. The van der Waals surface area contributed by atoms with Gasteiger partial charge in [0.05, 0.1) is 5.56 Å². The first-order chi connectivity index (χ1) is 8.61. The van der Waals surface area contributed by atoms with Crippen molar-refractivity contribution < 1.29 is 9.26 Å². The molecule has 0 spiro atoms. The van der Waals surface area contributed by atoms with Gasteiger partial charge in [0.1, 0.15) is 6.10 Å². The highest BCUT2D eigenvalue weighted by Gasteiger charge is 2.16. The van der Waals surface area contributed by atoms with Crippen molar-refractivity contribution in [2.24, 2.45) is 0 Å². The van der Waals surface area contributed by atoms with Gasteiger partial charge in [0.15, 0.2) is 0 Å². The smallest absolute Gasteiger partial charge is 0.260 e. The van der Waals surface area contributed by atoms with Gasteiger partial charge in [-0.3, -0.25) is 0 Å². The molecule has 0 aliphatic heterocycles. The van der Waals surface area contributed by atoms with Crippen molar-refractivity contribution in [3.8, 4) is 11.5 Å². The second-order valence-corrected chi connectivity index (χ2v) is 4.22. The van der Waals surface area contributed by atoms with Crippen LogP contribution < -0.4 is 5.73 Å². The third kappa shape index (κ3) is 2.63. The molecule has 0 aliphatic carbocycles. The van der Waals surface area contributed by atoms with Gasteiger partial charge in [-0.15, -0.1) is 0 Å². The lowest BCUT2D eigenvalue weighted by Crippen LogP contribution is -2.01. The molecule has 0 radical (unpaired) electrons. The van der Waals surface area contributed by atoms with Gasteiger partial charge >= 0.3 is 0 Å². The lowest BCUT2D eigenvalue weighted by Gasteiger charge is -2.05. The molecular weight excluding hydrogens is 254 g/mol. The number of hydrogen-bond acceptors (Lipinski definition) is 5. The van der Waals surface area contributed by atoms with E-state index in [1.807, 2.05) is 13.8 Å². The second-order valence-electron chi connectivity index (χ2n) is 3.79. The summed E-state index contributed by atoms with van der Waals surface area (Å²) in [5, 5.41) is 4.44. The van der Waals surface area contributed by atoms with Crippen LogP contribution in [0.3, 0.4) is 0 Å². The average Bonchev–Trinajstić information content (AvgIpc) is 2.82. The molecule has 96 valence electrons. The Morgan fingerprint density at radius 3 is 3.00 bits per heavy atom. The third-order valence-corrected chi connectivity index (χ3v) is 2.70. The van der Waals surface area contributed by atoms with Crippen LogP contribution in [0.5, 0.6) is 0 Å². The van der Waals surface area contributed by atoms with Crippen LogP contribution in [0.2, 0.25) is 5.02 Å². The number of halogens is 1. The Morgan fingerprint density at radius 1 is 1.50 bits per heavy atom. The Hall–Kier alpha value is -1.59. The largest absolute Gasteiger partial charge is 0.398 e. The molecule has 0 bridgehead atoms. The van der Waals surface area contributed by atoms with Gasteiger partial charge < -0.3 is 15.0 Å². The minimum atomic E-state index is -0.215. The van der Waals surface area contributed by atoms with Crippen molar-refractivity contribution >= 4 is 17.3 Å². The molecule has 2 N–H and O–H groups in total. The molecule has 1 aromatic carbocycles. The molecule has 0 saturated heterocycles. The monoisotopic (exact) mass is 267 g/mol. The molecule has 1 heterocycles. The maximum Gasteiger partial charge on any atom is 0.260 e. The van der Waals surface area contributed by atoms with Crippen molar-refractivity contribution in [1.82, 2.24) is 10.1 Å². The Balaban J connectivity index is 2.32. The summed E-state index contributed by atoms with van der Waals surface area (Å²) in [7, 11) is 0. The van der Waals surface area contributed by atoms with Gasteiger partial charge in [0.2, 0.25) is 5.82 Å². The molecule has 2 aromatic rings. The van der Waals surface area contributed by atoms with E-state index in [4.69, 9.17) is 26.6 Å². The second kappa shape index (κ2) is 5.37. The predicted octanol–water partition coefficient (Wildman–Crippen LogP) is 3.07. The van der Waals surface area contributed by atoms with Gasteiger partial charge in [-0.1, -0.05) is 16.8 Å². The van der Waals surface area contributed by atoms with E-state index in [2.05, 4.69) is 10.1 Å². The fourth-order valence-electron chi connectivity index (χ4n) is 1.55. The lowest BCUT2D eigenvalue weighted by atomic mass is 10.2. The maximum atomic E-state index is 5.92. The van der Waals surface area contributed by atoms with E-state index in [0.29, 0.717) is 34.6 Å². The van der Waals surface area contributed by atoms with E-state index >= 15 is 0 Å². The summed E-state index contributed by atoms with van der Waals surface area (Å²) in [4.78, 5) is 4.26. The molecule has 6 heteroatoms. The number of hydrogen-bond donors (Lipinski definition) is 1. The van der Waals surface area contributed by atoms with Crippen molar-refractivity contribution in [3.05, 3.63) is 29.0 Å². The summed E-state index contributed by atoms with van der Waals surface area (Å²) in [6.45, 7) is 4.36. The first kappa shape index (κ1) is 12.9. The van der Waals surface area contributed by atoms with Gasteiger partial charge in [-0.25, -0.2) is 0 Å². The standard InChI is InChI=1S/C12H14ClN3O2/c1-3-17-7(2)11-15-12(18-16-11)9-6-8(13)4-5-10(9)14/h4-7H,3,14H2,1-2H3. The molecule has 0 fully saturated rings. The molecule has 5 nitrogen and oxygen atoms in total.